The van der Waals surface area contributed by atoms with E-state index in [1.165, 1.54) is 16.7 Å². The third-order valence-electron chi connectivity index (χ3n) is 3.56. The molecular weight excluding hydrogens is 236 g/mol. The summed E-state index contributed by atoms with van der Waals surface area (Å²) in [6.45, 7) is 9.22. The van der Waals surface area contributed by atoms with Gasteiger partial charge in [-0.05, 0) is 44.7 Å². The molecule has 3 N–H and O–H groups in total. The number of hydrogen-bond acceptors (Lipinski definition) is 3. The Balaban J connectivity index is 2.81. The summed E-state index contributed by atoms with van der Waals surface area (Å²) in [5.41, 5.74) is 6.90. The number of nitrogens with two attached hydrogens (primary N) is 1. The Morgan fingerprint density at radius 1 is 1.26 bits per heavy atom. The molecule has 2 atom stereocenters. The molecule has 1 aromatic rings. The van der Waals surface area contributed by atoms with Crippen molar-refractivity contribution in [3.05, 3.63) is 34.9 Å². The summed E-state index contributed by atoms with van der Waals surface area (Å²) in [7, 11) is 0. The standard InChI is InChI=1S/C16H28N2O/c1-5-7-16(19-6-2)15(18-17)11-14-10-12(3)8-9-13(14)4/h8-10,15-16,18H,5-7,11,17H2,1-4H3. The summed E-state index contributed by atoms with van der Waals surface area (Å²) < 4.78 is 5.84. The molecule has 0 amide bonds. The quantitative estimate of drug-likeness (QED) is 0.560. The number of rotatable bonds is 8. The summed E-state index contributed by atoms with van der Waals surface area (Å²) in [6, 6.07) is 6.73. The SMILES string of the molecule is CCCC(OCC)C(Cc1cc(C)ccc1C)NN. The predicted octanol–water partition coefficient (Wildman–Crippen LogP) is 2.88. The van der Waals surface area contributed by atoms with Crippen molar-refractivity contribution >= 4 is 0 Å². The van der Waals surface area contributed by atoms with Crippen LogP contribution in [0.25, 0.3) is 0 Å². The van der Waals surface area contributed by atoms with Gasteiger partial charge in [-0.1, -0.05) is 37.1 Å². The first kappa shape index (κ1) is 16.2. The highest BCUT2D eigenvalue weighted by Gasteiger charge is 2.21. The number of ether oxygens (including phenoxy) is 1. The summed E-state index contributed by atoms with van der Waals surface area (Å²) in [6.07, 6.45) is 3.23. The normalized spacial score (nSPS) is 14.4. The second kappa shape index (κ2) is 8.31. The van der Waals surface area contributed by atoms with Crippen LogP contribution in [0.15, 0.2) is 18.2 Å². The molecule has 0 aliphatic heterocycles. The maximum absolute atomic E-state index is 5.84. The average molecular weight is 264 g/mol. The number of benzene rings is 1. The maximum Gasteiger partial charge on any atom is 0.0744 e. The number of hydrogen-bond donors (Lipinski definition) is 2. The van der Waals surface area contributed by atoms with Crippen LogP contribution in [0.1, 0.15) is 43.4 Å². The van der Waals surface area contributed by atoms with Crippen LogP contribution in [0.3, 0.4) is 0 Å². The molecule has 2 unspecified atom stereocenters. The van der Waals surface area contributed by atoms with Crippen molar-refractivity contribution in [2.45, 2.75) is 59.1 Å². The van der Waals surface area contributed by atoms with E-state index in [1.54, 1.807) is 0 Å². The topological polar surface area (TPSA) is 47.3 Å². The molecule has 0 saturated heterocycles. The molecule has 19 heavy (non-hydrogen) atoms. The van der Waals surface area contributed by atoms with E-state index >= 15 is 0 Å². The molecule has 0 heterocycles. The van der Waals surface area contributed by atoms with Gasteiger partial charge in [0.05, 0.1) is 12.1 Å². The molecule has 0 bridgehead atoms. The van der Waals surface area contributed by atoms with Crippen LogP contribution >= 0.6 is 0 Å². The lowest BCUT2D eigenvalue weighted by Gasteiger charge is -2.27. The molecule has 0 spiro atoms. The van der Waals surface area contributed by atoms with Crippen molar-refractivity contribution in [2.24, 2.45) is 5.84 Å². The van der Waals surface area contributed by atoms with Crippen LogP contribution in [0, 0.1) is 13.8 Å². The van der Waals surface area contributed by atoms with E-state index in [1.807, 2.05) is 6.92 Å². The molecule has 0 radical (unpaired) electrons. The van der Waals surface area contributed by atoms with Crippen molar-refractivity contribution in [3.63, 3.8) is 0 Å². The molecule has 1 aromatic carbocycles. The zero-order valence-corrected chi connectivity index (χ0v) is 12.7. The van der Waals surface area contributed by atoms with E-state index < -0.39 is 0 Å². The lowest BCUT2D eigenvalue weighted by molar-refractivity contribution is 0.0281. The summed E-state index contributed by atoms with van der Waals surface area (Å²) >= 11 is 0. The Morgan fingerprint density at radius 2 is 2.00 bits per heavy atom. The second-order valence-electron chi connectivity index (χ2n) is 5.19. The molecule has 0 aliphatic rings. The summed E-state index contributed by atoms with van der Waals surface area (Å²) in [5, 5.41) is 0. The first-order valence-corrected chi connectivity index (χ1v) is 7.26. The highest BCUT2D eigenvalue weighted by Crippen LogP contribution is 2.17. The molecule has 0 saturated carbocycles. The van der Waals surface area contributed by atoms with E-state index in [0.717, 1.165) is 25.9 Å². The first-order chi connectivity index (χ1) is 9.12. The Hall–Kier alpha value is -0.900. The van der Waals surface area contributed by atoms with Gasteiger partial charge < -0.3 is 4.74 Å². The largest absolute Gasteiger partial charge is 0.377 e. The van der Waals surface area contributed by atoms with Crippen LogP contribution in [0.5, 0.6) is 0 Å². The highest BCUT2D eigenvalue weighted by atomic mass is 16.5. The van der Waals surface area contributed by atoms with Crippen LogP contribution in [-0.2, 0) is 11.2 Å². The minimum absolute atomic E-state index is 0.167. The number of hydrazine groups is 1. The van der Waals surface area contributed by atoms with Gasteiger partial charge in [0.1, 0.15) is 0 Å². The van der Waals surface area contributed by atoms with Crippen molar-refractivity contribution in [1.29, 1.82) is 0 Å². The van der Waals surface area contributed by atoms with Gasteiger partial charge in [0.25, 0.3) is 0 Å². The molecule has 3 nitrogen and oxygen atoms in total. The fraction of sp³-hybridized carbons (Fsp3) is 0.625. The number of aryl methyl sites for hydroxylation is 2. The molecule has 0 aliphatic carbocycles. The van der Waals surface area contributed by atoms with Crippen molar-refractivity contribution in [1.82, 2.24) is 5.43 Å². The van der Waals surface area contributed by atoms with Crippen LogP contribution in [-0.4, -0.2) is 18.8 Å². The van der Waals surface area contributed by atoms with E-state index in [-0.39, 0.29) is 12.1 Å². The number of nitrogens with one attached hydrogen (secondary N) is 1. The van der Waals surface area contributed by atoms with Gasteiger partial charge in [0.15, 0.2) is 0 Å². The zero-order valence-electron chi connectivity index (χ0n) is 12.7. The summed E-state index contributed by atoms with van der Waals surface area (Å²) in [5.74, 6) is 5.74. The van der Waals surface area contributed by atoms with Gasteiger partial charge in [-0.25, -0.2) is 0 Å². The molecule has 3 heteroatoms. The van der Waals surface area contributed by atoms with E-state index in [2.05, 4.69) is 44.4 Å². The molecule has 108 valence electrons. The van der Waals surface area contributed by atoms with Crippen LogP contribution < -0.4 is 11.3 Å². The monoisotopic (exact) mass is 264 g/mol. The van der Waals surface area contributed by atoms with Crippen molar-refractivity contribution in [2.75, 3.05) is 6.61 Å². The van der Waals surface area contributed by atoms with E-state index in [0.29, 0.717) is 0 Å². The third-order valence-corrected chi connectivity index (χ3v) is 3.56. The smallest absolute Gasteiger partial charge is 0.0744 e. The van der Waals surface area contributed by atoms with Gasteiger partial charge in [0, 0.05) is 6.61 Å². The zero-order chi connectivity index (χ0) is 14.3. The Labute approximate surface area is 117 Å². The van der Waals surface area contributed by atoms with Gasteiger partial charge in [-0.3, -0.25) is 11.3 Å². The van der Waals surface area contributed by atoms with Crippen molar-refractivity contribution in [3.8, 4) is 0 Å². The third kappa shape index (κ3) is 4.94. The maximum atomic E-state index is 5.84. The average Bonchev–Trinajstić information content (AvgIpc) is 2.39. The van der Waals surface area contributed by atoms with Crippen LogP contribution in [0.2, 0.25) is 0 Å². The predicted molar refractivity (Wildman–Crippen MR) is 81.1 cm³/mol. The summed E-state index contributed by atoms with van der Waals surface area (Å²) in [4.78, 5) is 0. The molecule has 0 fully saturated rings. The fourth-order valence-corrected chi connectivity index (χ4v) is 2.45. The van der Waals surface area contributed by atoms with E-state index in [9.17, 15) is 0 Å². The second-order valence-corrected chi connectivity index (χ2v) is 5.19. The molecule has 1 rings (SSSR count). The first-order valence-electron chi connectivity index (χ1n) is 7.26. The minimum Gasteiger partial charge on any atom is -0.377 e. The fourth-order valence-electron chi connectivity index (χ4n) is 2.45. The van der Waals surface area contributed by atoms with Gasteiger partial charge >= 0.3 is 0 Å². The lowest BCUT2D eigenvalue weighted by atomic mass is 9.95. The Bertz CT molecular complexity index is 373. The highest BCUT2D eigenvalue weighted by molar-refractivity contribution is 5.31. The van der Waals surface area contributed by atoms with Gasteiger partial charge in [-0.2, -0.15) is 0 Å². The lowest BCUT2D eigenvalue weighted by Crippen LogP contribution is -2.46. The molecule has 0 aromatic heterocycles. The van der Waals surface area contributed by atoms with Gasteiger partial charge in [0.2, 0.25) is 0 Å². The molecular formula is C16H28N2O. The van der Waals surface area contributed by atoms with Crippen LogP contribution in [0.4, 0.5) is 0 Å². The Kier molecular flexibility index (Phi) is 7.06. The Morgan fingerprint density at radius 3 is 2.58 bits per heavy atom. The van der Waals surface area contributed by atoms with Crippen molar-refractivity contribution < 1.29 is 4.74 Å². The van der Waals surface area contributed by atoms with E-state index in [4.69, 9.17) is 10.6 Å². The van der Waals surface area contributed by atoms with Gasteiger partial charge in [-0.15, -0.1) is 0 Å². The minimum atomic E-state index is 0.167.